The van der Waals surface area contributed by atoms with Crippen LogP contribution in [0.4, 0.5) is 0 Å². The molecule has 0 aromatic heterocycles. The Morgan fingerprint density at radius 3 is 2.52 bits per heavy atom. The number of ether oxygens (including phenoxy) is 2. The highest BCUT2D eigenvalue weighted by molar-refractivity contribution is 6.31. The van der Waals surface area contributed by atoms with Crippen molar-refractivity contribution in [2.75, 3.05) is 13.7 Å². The molecule has 1 N–H and O–H groups in total. The van der Waals surface area contributed by atoms with E-state index in [0.717, 1.165) is 27.6 Å². The number of hydrogen-bond donors (Lipinski definition) is 1. The normalized spacial score (nSPS) is 11.7. The van der Waals surface area contributed by atoms with Gasteiger partial charge in [-0.25, -0.2) is 0 Å². The molecule has 0 saturated heterocycles. The maximum absolute atomic E-state index is 12.4. The van der Waals surface area contributed by atoms with Crippen LogP contribution in [0.15, 0.2) is 60.7 Å². The topological polar surface area (TPSA) is 64.6 Å². The first-order chi connectivity index (χ1) is 14.0. The van der Waals surface area contributed by atoms with Crippen LogP contribution in [-0.2, 0) is 20.9 Å². The molecule has 0 aliphatic heterocycles. The van der Waals surface area contributed by atoms with Crippen LogP contribution in [0.1, 0.15) is 24.0 Å². The van der Waals surface area contributed by atoms with Crippen molar-refractivity contribution in [3.8, 4) is 5.75 Å². The second-order valence-electron chi connectivity index (χ2n) is 6.67. The summed E-state index contributed by atoms with van der Waals surface area (Å²) in [5.74, 6) is -0.541. The maximum atomic E-state index is 12.4. The number of carbonyl (C=O) groups is 2. The highest BCUT2D eigenvalue weighted by Gasteiger charge is 2.18. The second-order valence-corrected chi connectivity index (χ2v) is 7.08. The summed E-state index contributed by atoms with van der Waals surface area (Å²) in [5.41, 5.74) is 1.62. The maximum Gasteiger partial charge on any atom is 0.313 e. The molecule has 0 unspecified atom stereocenters. The van der Waals surface area contributed by atoms with Crippen LogP contribution in [0, 0.1) is 0 Å². The lowest BCUT2D eigenvalue weighted by Gasteiger charge is -2.13. The molecule has 1 atom stereocenters. The largest absolute Gasteiger partial charge is 0.497 e. The third-order valence-electron chi connectivity index (χ3n) is 4.70. The fourth-order valence-corrected chi connectivity index (χ4v) is 3.13. The monoisotopic (exact) mass is 411 g/mol. The summed E-state index contributed by atoms with van der Waals surface area (Å²) in [6, 6.07) is 18.8. The summed E-state index contributed by atoms with van der Waals surface area (Å²) in [6.07, 6.45) is 0. The Bertz CT molecular complexity index is 1030. The smallest absolute Gasteiger partial charge is 0.313 e. The van der Waals surface area contributed by atoms with Crippen molar-refractivity contribution < 1.29 is 19.1 Å². The van der Waals surface area contributed by atoms with Gasteiger partial charge in [-0.3, -0.25) is 9.59 Å². The Morgan fingerprint density at radius 2 is 1.76 bits per heavy atom. The molecule has 0 bridgehead atoms. The molecule has 1 amide bonds. The van der Waals surface area contributed by atoms with Crippen LogP contribution in [0.5, 0.6) is 5.75 Å². The minimum Gasteiger partial charge on any atom is -0.497 e. The second kappa shape index (κ2) is 9.43. The molecule has 0 heterocycles. The van der Waals surface area contributed by atoms with E-state index in [9.17, 15) is 9.59 Å². The van der Waals surface area contributed by atoms with Gasteiger partial charge in [-0.05, 0) is 47.0 Å². The minimum absolute atomic E-state index is 0.278. The first kappa shape index (κ1) is 20.7. The Morgan fingerprint density at radius 1 is 1.03 bits per heavy atom. The van der Waals surface area contributed by atoms with Crippen LogP contribution in [0.25, 0.3) is 10.8 Å². The van der Waals surface area contributed by atoms with E-state index in [1.807, 2.05) is 54.6 Å². The van der Waals surface area contributed by atoms with Crippen molar-refractivity contribution in [3.63, 3.8) is 0 Å². The van der Waals surface area contributed by atoms with Gasteiger partial charge in [-0.1, -0.05) is 54.1 Å². The molecule has 3 aromatic carbocycles. The van der Waals surface area contributed by atoms with Gasteiger partial charge in [0, 0.05) is 11.6 Å². The standard InChI is InChI=1S/C23H22ClNO4/c1-15(16-7-8-18-12-20(28-2)10-9-17(18)11-16)23(27)29-14-22(26)25-13-19-5-3-4-6-21(19)24/h3-12,15H,13-14H2,1-2H3,(H,25,26)/t15-/m0/s1. The SMILES string of the molecule is COc1ccc2cc([C@H](C)C(=O)OCC(=O)NCc3ccccc3Cl)ccc2c1. The van der Waals surface area contributed by atoms with Crippen molar-refractivity contribution in [2.45, 2.75) is 19.4 Å². The highest BCUT2D eigenvalue weighted by Crippen LogP contribution is 2.25. The number of esters is 1. The molecular formula is C23H22ClNO4. The van der Waals surface area contributed by atoms with Gasteiger partial charge in [-0.15, -0.1) is 0 Å². The molecular weight excluding hydrogens is 390 g/mol. The molecule has 5 nitrogen and oxygen atoms in total. The van der Waals surface area contributed by atoms with Gasteiger partial charge in [0.15, 0.2) is 6.61 Å². The summed E-state index contributed by atoms with van der Waals surface area (Å²) < 4.78 is 10.4. The lowest BCUT2D eigenvalue weighted by atomic mass is 9.98. The third kappa shape index (κ3) is 5.27. The van der Waals surface area contributed by atoms with Gasteiger partial charge in [0.25, 0.3) is 5.91 Å². The summed E-state index contributed by atoms with van der Waals surface area (Å²) in [7, 11) is 1.62. The zero-order valence-corrected chi connectivity index (χ0v) is 17.0. The summed E-state index contributed by atoms with van der Waals surface area (Å²) in [5, 5.41) is 5.29. The molecule has 0 fully saturated rings. The number of methoxy groups -OCH3 is 1. The number of nitrogens with one attached hydrogen (secondary N) is 1. The molecule has 0 spiro atoms. The number of rotatable bonds is 7. The molecule has 0 radical (unpaired) electrons. The summed E-state index contributed by atoms with van der Waals surface area (Å²) in [6.45, 7) is 1.70. The van der Waals surface area contributed by atoms with Crippen molar-refractivity contribution in [3.05, 3.63) is 76.8 Å². The molecule has 150 valence electrons. The number of hydrogen-bond acceptors (Lipinski definition) is 4. The van der Waals surface area contributed by atoms with E-state index in [1.165, 1.54) is 0 Å². The summed E-state index contributed by atoms with van der Waals surface area (Å²) in [4.78, 5) is 24.4. The lowest BCUT2D eigenvalue weighted by Crippen LogP contribution is -2.29. The molecule has 3 rings (SSSR count). The van der Waals surface area contributed by atoms with Gasteiger partial charge in [-0.2, -0.15) is 0 Å². The third-order valence-corrected chi connectivity index (χ3v) is 5.07. The number of benzene rings is 3. The van der Waals surface area contributed by atoms with Gasteiger partial charge in [0.05, 0.1) is 13.0 Å². The van der Waals surface area contributed by atoms with Gasteiger partial charge in [0.1, 0.15) is 5.75 Å². The Hall–Kier alpha value is -3.05. The van der Waals surface area contributed by atoms with E-state index >= 15 is 0 Å². The number of amides is 1. The van der Waals surface area contributed by atoms with E-state index in [1.54, 1.807) is 20.1 Å². The predicted octanol–water partition coefficient (Wildman–Crippen LogP) is 4.46. The average molecular weight is 412 g/mol. The van der Waals surface area contributed by atoms with Gasteiger partial charge in [0.2, 0.25) is 0 Å². The molecule has 0 aliphatic carbocycles. The minimum atomic E-state index is -0.488. The Kier molecular flexibility index (Phi) is 6.73. The quantitative estimate of drug-likeness (QED) is 0.583. The van der Waals surface area contributed by atoms with Crippen LogP contribution < -0.4 is 10.1 Å². The van der Waals surface area contributed by atoms with Gasteiger partial charge < -0.3 is 14.8 Å². The Labute approximate surface area is 174 Å². The first-order valence-electron chi connectivity index (χ1n) is 9.22. The number of fused-ring (bicyclic) bond motifs is 1. The Balaban J connectivity index is 1.55. The van der Waals surface area contributed by atoms with Crippen LogP contribution >= 0.6 is 11.6 Å². The number of halogens is 1. The van der Waals surface area contributed by atoms with E-state index in [-0.39, 0.29) is 19.1 Å². The van der Waals surface area contributed by atoms with Crippen molar-refractivity contribution in [1.82, 2.24) is 5.32 Å². The number of carbonyl (C=O) groups excluding carboxylic acids is 2. The zero-order valence-electron chi connectivity index (χ0n) is 16.3. The highest BCUT2D eigenvalue weighted by atomic mass is 35.5. The van der Waals surface area contributed by atoms with Crippen LogP contribution in [0.2, 0.25) is 5.02 Å². The van der Waals surface area contributed by atoms with E-state index < -0.39 is 11.9 Å². The fourth-order valence-electron chi connectivity index (χ4n) is 2.92. The first-order valence-corrected chi connectivity index (χ1v) is 9.60. The van der Waals surface area contributed by atoms with E-state index in [0.29, 0.717) is 5.02 Å². The molecule has 3 aromatic rings. The van der Waals surface area contributed by atoms with Crippen molar-refractivity contribution in [1.29, 1.82) is 0 Å². The van der Waals surface area contributed by atoms with Crippen LogP contribution in [-0.4, -0.2) is 25.6 Å². The van der Waals surface area contributed by atoms with Crippen molar-refractivity contribution >= 4 is 34.2 Å². The summed E-state index contributed by atoms with van der Waals surface area (Å²) >= 11 is 6.06. The average Bonchev–Trinajstić information content (AvgIpc) is 2.75. The lowest BCUT2D eigenvalue weighted by molar-refractivity contribution is -0.149. The van der Waals surface area contributed by atoms with Crippen LogP contribution in [0.3, 0.4) is 0 Å². The molecule has 0 aliphatic rings. The molecule has 0 saturated carbocycles. The van der Waals surface area contributed by atoms with Crippen molar-refractivity contribution in [2.24, 2.45) is 0 Å². The fraction of sp³-hybridized carbons (Fsp3) is 0.217. The zero-order chi connectivity index (χ0) is 20.8. The van der Waals surface area contributed by atoms with E-state index in [2.05, 4.69) is 5.32 Å². The molecule has 6 heteroatoms. The predicted molar refractivity (Wildman–Crippen MR) is 113 cm³/mol. The molecule has 29 heavy (non-hydrogen) atoms. The van der Waals surface area contributed by atoms with Gasteiger partial charge >= 0.3 is 5.97 Å². The van der Waals surface area contributed by atoms with E-state index in [4.69, 9.17) is 21.1 Å².